The Labute approximate surface area is 141 Å². The number of nitrogens with one attached hydrogen (secondary N) is 1. The van der Waals surface area contributed by atoms with Crippen molar-refractivity contribution >= 4 is 11.9 Å². The Balaban J connectivity index is 1.84. The second kappa shape index (κ2) is 6.15. The van der Waals surface area contributed by atoms with Gasteiger partial charge in [-0.15, -0.1) is 0 Å². The Hall–Kier alpha value is -2.56. The lowest BCUT2D eigenvalue weighted by atomic mass is 10.0. The summed E-state index contributed by atoms with van der Waals surface area (Å²) in [6, 6.07) is 9.54. The van der Waals surface area contributed by atoms with Crippen molar-refractivity contribution < 1.29 is 18.7 Å². The van der Waals surface area contributed by atoms with Crippen LogP contribution < -0.4 is 5.32 Å². The summed E-state index contributed by atoms with van der Waals surface area (Å²) in [5.74, 6) is 0.795. The van der Waals surface area contributed by atoms with Crippen molar-refractivity contribution in [1.29, 1.82) is 0 Å². The molecule has 0 spiro atoms. The first-order chi connectivity index (χ1) is 11.5. The summed E-state index contributed by atoms with van der Waals surface area (Å²) in [5.41, 5.74) is 1.64. The molecule has 1 aromatic carbocycles. The number of amides is 1. The number of carbonyl (C=O) groups excluding carboxylic acids is 2. The monoisotopic (exact) mass is 327 g/mol. The number of ether oxygens (including phenoxy) is 1. The standard InChI is InChI=1S/C19H21NO4/c1-12-13(2)24-16(14-7-5-4-6-8-14)15(12)17(21)20-11-19(9-10-19)18(22)23-3/h4-8H,9-11H2,1-3H3,(H,20,21). The first-order valence-electron chi connectivity index (χ1n) is 8.00. The maximum absolute atomic E-state index is 12.7. The molecule has 3 rings (SSSR count). The molecule has 5 heteroatoms. The molecule has 5 nitrogen and oxygen atoms in total. The van der Waals surface area contributed by atoms with E-state index in [1.165, 1.54) is 7.11 Å². The third-order valence-corrected chi connectivity index (χ3v) is 4.71. The summed E-state index contributed by atoms with van der Waals surface area (Å²) in [4.78, 5) is 24.5. The molecule has 0 saturated heterocycles. The van der Waals surface area contributed by atoms with Crippen molar-refractivity contribution in [3.8, 4) is 11.3 Å². The highest BCUT2D eigenvalue weighted by Crippen LogP contribution is 2.46. The summed E-state index contributed by atoms with van der Waals surface area (Å²) < 4.78 is 10.6. The van der Waals surface area contributed by atoms with E-state index in [2.05, 4.69) is 5.32 Å². The molecule has 1 heterocycles. The van der Waals surface area contributed by atoms with E-state index in [0.717, 1.165) is 24.0 Å². The van der Waals surface area contributed by atoms with Gasteiger partial charge < -0.3 is 14.5 Å². The lowest BCUT2D eigenvalue weighted by molar-refractivity contribution is -0.146. The Bertz CT molecular complexity index is 772. The quantitative estimate of drug-likeness (QED) is 0.856. The average molecular weight is 327 g/mol. The molecular formula is C19H21NO4. The molecule has 24 heavy (non-hydrogen) atoms. The van der Waals surface area contributed by atoms with E-state index in [1.54, 1.807) is 0 Å². The predicted octanol–water partition coefficient (Wildman–Crippen LogP) is 3.25. The molecule has 0 atom stereocenters. The molecule has 0 bridgehead atoms. The maximum Gasteiger partial charge on any atom is 0.313 e. The van der Waals surface area contributed by atoms with Crippen molar-refractivity contribution in [2.75, 3.05) is 13.7 Å². The minimum Gasteiger partial charge on any atom is -0.469 e. The number of esters is 1. The summed E-state index contributed by atoms with van der Waals surface area (Å²) in [6.45, 7) is 4.00. The molecule has 0 unspecified atom stereocenters. The zero-order chi connectivity index (χ0) is 17.3. The fourth-order valence-corrected chi connectivity index (χ4v) is 2.85. The van der Waals surface area contributed by atoms with Gasteiger partial charge in [-0.1, -0.05) is 30.3 Å². The number of carbonyl (C=O) groups is 2. The Kier molecular flexibility index (Phi) is 4.18. The highest BCUT2D eigenvalue weighted by atomic mass is 16.5. The molecule has 0 aliphatic heterocycles. The minimum absolute atomic E-state index is 0.224. The number of methoxy groups -OCH3 is 1. The normalized spacial score (nSPS) is 15.0. The molecule has 0 radical (unpaired) electrons. The van der Waals surface area contributed by atoms with Crippen molar-refractivity contribution in [2.24, 2.45) is 5.41 Å². The van der Waals surface area contributed by atoms with Gasteiger partial charge in [-0.05, 0) is 26.7 Å². The largest absolute Gasteiger partial charge is 0.469 e. The number of furan rings is 1. The number of hydrogen-bond donors (Lipinski definition) is 1. The molecule has 1 saturated carbocycles. The van der Waals surface area contributed by atoms with Gasteiger partial charge in [0.05, 0.1) is 18.1 Å². The fourth-order valence-electron chi connectivity index (χ4n) is 2.85. The van der Waals surface area contributed by atoms with Crippen molar-refractivity contribution in [2.45, 2.75) is 26.7 Å². The van der Waals surface area contributed by atoms with Gasteiger partial charge in [0.2, 0.25) is 0 Å². The first-order valence-corrected chi connectivity index (χ1v) is 8.00. The van der Waals surface area contributed by atoms with Gasteiger partial charge in [0.25, 0.3) is 5.91 Å². The third-order valence-electron chi connectivity index (χ3n) is 4.71. The summed E-state index contributed by atoms with van der Waals surface area (Å²) in [5, 5.41) is 2.88. The van der Waals surface area contributed by atoms with Crippen LogP contribution in [-0.4, -0.2) is 25.5 Å². The van der Waals surface area contributed by atoms with Gasteiger partial charge in [-0.25, -0.2) is 0 Å². The van der Waals surface area contributed by atoms with E-state index in [1.807, 2.05) is 44.2 Å². The summed E-state index contributed by atoms with van der Waals surface area (Å²) in [7, 11) is 1.38. The average Bonchev–Trinajstić information content (AvgIpc) is 3.34. The molecule has 1 fully saturated rings. The number of hydrogen-bond acceptors (Lipinski definition) is 4. The Morgan fingerprint density at radius 3 is 2.46 bits per heavy atom. The van der Waals surface area contributed by atoms with Crippen molar-refractivity contribution in [1.82, 2.24) is 5.32 Å². The summed E-state index contributed by atoms with van der Waals surface area (Å²) >= 11 is 0. The second-order valence-electron chi connectivity index (χ2n) is 6.31. The van der Waals surface area contributed by atoms with Crippen LogP contribution in [0, 0.1) is 19.3 Å². The van der Waals surface area contributed by atoms with Crippen LogP contribution in [0.5, 0.6) is 0 Å². The molecule has 1 N–H and O–H groups in total. The van der Waals surface area contributed by atoms with E-state index in [0.29, 0.717) is 17.1 Å². The second-order valence-corrected chi connectivity index (χ2v) is 6.31. The smallest absolute Gasteiger partial charge is 0.313 e. The van der Waals surface area contributed by atoms with E-state index in [-0.39, 0.29) is 18.4 Å². The maximum atomic E-state index is 12.7. The van der Waals surface area contributed by atoms with Crippen LogP contribution in [-0.2, 0) is 9.53 Å². The molecule has 1 aromatic heterocycles. The molecule has 2 aromatic rings. The lowest BCUT2D eigenvalue weighted by Gasteiger charge is -2.13. The number of rotatable bonds is 5. The number of aryl methyl sites for hydroxylation is 1. The fraction of sp³-hybridized carbons (Fsp3) is 0.368. The van der Waals surface area contributed by atoms with Gasteiger partial charge in [0.1, 0.15) is 11.5 Å². The SMILES string of the molecule is COC(=O)C1(CNC(=O)c2c(-c3ccccc3)oc(C)c2C)CC1. The predicted molar refractivity (Wildman–Crippen MR) is 89.6 cm³/mol. The van der Waals surface area contributed by atoms with Gasteiger partial charge >= 0.3 is 5.97 Å². The molecule has 1 amide bonds. The summed E-state index contributed by atoms with van der Waals surface area (Å²) in [6.07, 6.45) is 1.49. The van der Waals surface area contributed by atoms with Crippen LogP contribution >= 0.6 is 0 Å². The van der Waals surface area contributed by atoms with Crippen LogP contribution in [0.2, 0.25) is 0 Å². The van der Waals surface area contributed by atoms with E-state index in [4.69, 9.17) is 9.15 Å². The number of benzene rings is 1. The topological polar surface area (TPSA) is 68.5 Å². The van der Waals surface area contributed by atoms with Crippen LogP contribution in [0.4, 0.5) is 0 Å². The minimum atomic E-state index is -0.552. The molecule has 1 aliphatic rings. The van der Waals surface area contributed by atoms with E-state index >= 15 is 0 Å². The Morgan fingerprint density at radius 1 is 1.21 bits per heavy atom. The van der Waals surface area contributed by atoms with E-state index in [9.17, 15) is 9.59 Å². The van der Waals surface area contributed by atoms with Gasteiger partial charge in [0.15, 0.2) is 0 Å². The van der Waals surface area contributed by atoms with Gasteiger partial charge in [-0.3, -0.25) is 9.59 Å². The van der Waals surface area contributed by atoms with Crippen molar-refractivity contribution in [3.63, 3.8) is 0 Å². The highest BCUT2D eigenvalue weighted by molar-refractivity contribution is 6.01. The zero-order valence-corrected chi connectivity index (χ0v) is 14.1. The van der Waals surface area contributed by atoms with E-state index < -0.39 is 5.41 Å². The van der Waals surface area contributed by atoms with Gasteiger partial charge in [0, 0.05) is 17.7 Å². The van der Waals surface area contributed by atoms with Crippen LogP contribution in [0.3, 0.4) is 0 Å². The lowest BCUT2D eigenvalue weighted by Crippen LogP contribution is -2.35. The van der Waals surface area contributed by atoms with Gasteiger partial charge in [-0.2, -0.15) is 0 Å². The Morgan fingerprint density at radius 2 is 1.88 bits per heavy atom. The van der Waals surface area contributed by atoms with Crippen LogP contribution in [0.15, 0.2) is 34.7 Å². The molecule has 126 valence electrons. The van der Waals surface area contributed by atoms with Crippen LogP contribution in [0.1, 0.15) is 34.5 Å². The van der Waals surface area contributed by atoms with Crippen molar-refractivity contribution in [3.05, 3.63) is 47.2 Å². The highest BCUT2D eigenvalue weighted by Gasteiger charge is 2.51. The van der Waals surface area contributed by atoms with Crippen LogP contribution in [0.25, 0.3) is 11.3 Å². The third kappa shape index (κ3) is 2.82. The molecular weight excluding hydrogens is 306 g/mol. The zero-order valence-electron chi connectivity index (χ0n) is 14.1. The molecule has 1 aliphatic carbocycles. The first kappa shape index (κ1) is 16.3.